The van der Waals surface area contributed by atoms with Gasteiger partial charge >= 0.3 is 12.1 Å². The number of likely N-dealkylation sites (tertiary alicyclic amines) is 1. The Morgan fingerprint density at radius 3 is 2.02 bits per heavy atom. The second-order valence-corrected chi connectivity index (χ2v) is 12.9. The number of primary amides is 1. The van der Waals surface area contributed by atoms with Crippen LogP contribution >= 0.6 is 0 Å². The highest BCUT2D eigenvalue weighted by atomic mass is 16.2. The number of hydrogen-bond acceptors (Lipinski definition) is 6. The van der Waals surface area contributed by atoms with E-state index in [1.165, 1.54) is 4.90 Å². The summed E-state index contributed by atoms with van der Waals surface area (Å²) in [7, 11) is 0. The van der Waals surface area contributed by atoms with E-state index < -0.39 is 35.5 Å². The van der Waals surface area contributed by atoms with Crippen LogP contribution in [0.4, 0.5) is 9.59 Å². The molecular weight excluding hydrogens is 516 g/mol. The first-order valence-corrected chi connectivity index (χ1v) is 14.1. The third-order valence-corrected chi connectivity index (χ3v) is 6.96. The van der Waals surface area contributed by atoms with Gasteiger partial charge in [0, 0.05) is 31.5 Å². The number of rotatable bonds is 14. The number of carbonyl (C=O) groups excluding carboxylic acids is 6. The Balaban J connectivity index is 2.61. The Bertz CT molecular complexity index is 937. The minimum atomic E-state index is -0.881. The molecule has 1 aliphatic rings. The van der Waals surface area contributed by atoms with Crippen LogP contribution in [0.2, 0.25) is 0 Å². The molecule has 7 amide bonds. The number of imide groups is 1. The molecule has 40 heavy (non-hydrogen) atoms. The molecular formula is C28H50N6O6. The van der Waals surface area contributed by atoms with E-state index in [0.717, 1.165) is 0 Å². The van der Waals surface area contributed by atoms with Crippen LogP contribution in [0.3, 0.4) is 0 Å². The second-order valence-electron chi connectivity index (χ2n) is 12.9. The van der Waals surface area contributed by atoms with E-state index in [4.69, 9.17) is 5.73 Å². The highest BCUT2D eigenvalue weighted by Gasteiger charge is 2.44. The summed E-state index contributed by atoms with van der Waals surface area (Å²) in [5.41, 5.74) is 4.11. The summed E-state index contributed by atoms with van der Waals surface area (Å²) in [6.45, 7) is 15.6. The van der Waals surface area contributed by atoms with Crippen LogP contribution in [0.1, 0.15) is 87.5 Å². The van der Waals surface area contributed by atoms with Crippen LogP contribution in [-0.2, 0) is 19.2 Å². The zero-order valence-electron chi connectivity index (χ0n) is 25.4. The van der Waals surface area contributed by atoms with Crippen molar-refractivity contribution in [3.63, 3.8) is 0 Å². The molecule has 0 saturated carbocycles. The van der Waals surface area contributed by atoms with Crippen LogP contribution in [0.5, 0.6) is 0 Å². The number of nitrogens with one attached hydrogen (secondary N) is 4. The highest BCUT2D eigenvalue weighted by Crippen LogP contribution is 2.35. The van der Waals surface area contributed by atoms with E-state index >= 15 is 0 Å². The lowest BCUT2D eigenvalue weighted by molar-refractivity contribution is -0.140. The first kappa shape index (κ1) is 34.8. The molecule has 0 spiro atoms. The molecule has 1 fully saturated rings. The molecule has 228 valence electrons. The summed E-state index contributed by atoms with van der Waals surface area (Å²) in [5.74, 6) is -1.50. The van der Waals surface area contributed by atoms with Gasteiger partial charge in [-0.15, -0.1) is 0 Å². The standard InChI is InChI=1S/C28H50N6O6/c1-17(2)21(23(37)32-19(22(36)28(6,7)8)12-11-14-30-25(29)39)33-26(40)31-13-9-10-15-34-20(35)16-18(24(34)38)27(3,4)5/h17-19,21H,9-16H2,1-8H3,(H,32,37)(H3,29,30,39)(H2,31,33,40)/t18?,19-,21-/m0/s1. The SMILES string of the molecule is CC(C)[C@H](NC(=O)NCCCCN1C(=O)CC(C(C)(C)C)C1=O)C(=O)N[C@@H](CCCNC(N)=O)C(=O)C(C)(C)C. The van der Waals surface area contributed by atoms with Gasteiger partial charge in [0.2, 0.25) is 17.7 Å². The van der Waals surface area contributed by atoms with Gasteiger partial charge in [-0.05, 0) is 37.0 Å². The molecule has 12 nitrogen and oxygen atoms in total. The Labute approximate surface area is 238 Å². The average molecular weight is 567 g/mol. The predicted octanol–water partition coefficient (Wildman–Crippen LogP) is 2.06. The number of hydrogen-bond donors (Lipinski definition) is 5. The lowest BCUT2D eigenvalue weighted by atomic mass is 9.80. The third-order valence-electron chi connectivity index (χ3n) is 6.96. The van der Waals surface area contributed by atoms with Gasteiger partial charge in [-0.1, -0.05) is 55.4 Å². The average Bonchev–Trinajstić information content (AvgIpc) is 3.11. The van der Waals surface area contributed by atoms with E-state index in [9.17, 15) is 28.8 Å². The number of ketones is 1. The fraction of sp³-hybridized carbons (Fsp3) is 0.786. The van der Waals surface area contributed by atoms with Crippen molar-refractivity contribution >= 4 is 35.6 Å². The number of urea groups is 2. The maximum atomic E-state index is 13.1. The Morgan fingerprint density at radius 1 is 0.925 bits per heavy atom. The van der Waals surface area contributed by atoms with E-state index in [2.05, 4.69) is 21.3 Å². The molecule has 0 bridgehead atoms. The largest absolute Gasteiger partial charge is 0.352 e. The van der Waals surface area contributed by atoms with Crippen molar-refractivity contribution in [2.45, 2.75) is 99.6 Å². The zero-order valence-corrected chi connectivity index (χ0v) is 25.4. The quantitative estimate of drug-likeness (QED) is 0.159. The van der Waals surface area contributed by atoms with Crippen LogP contribution in [-0.4, -0.2) is 72.2 Å². The Morgan fingerprint density at radius 2 is 1.52 bits per heavy atom. The van der Waals surface area contributed by atoms with Gasteiger partial charge in [0.15, 0.2) is 5.78 Å². The van der Waals surface area contributed by atoms with Crippen molar-refractivity contribution in [3.8, 4) is 0 Å². The minimum Gasteiger partial charge on any atom is -0.352 e. The number of nitrogens with two attached hydrogens (primary N) is 1. The molecule has 6 N–H and O–H groups in total. The summed E-state index contributed by atoms with van der Waals surface area (Å²) >= 11 is 0. The van der Waals surface area contributed by atoms with Gasteiger partial charge in [0.1, 0.15) is 6.04 Å². The van der Waals surface area contributed by atoms with Gasteiger partial charge in [0.25, 0.3) is 0 Å². The van der Waals surface area contributed by atoms with Crippen molar-refractivity contribution in [2.24, 2.45) is 28.4 Å². The minimum absolute atomic E-state index is 0.138. The molecule has 0 aromatic rings. The predicted molar refractivity (Wildman–Crippen MR) is 152 cm³/mol. The van der Waals surface area contributed by atoms with Crippen LogP contribution in [0.25, 0.3) is 0 Å². The van der Waals surface area contributed by atoms with Gasteiger partial charge in [-0.3, -0.25) is 24.1 Å². The molecule has 0 radical (unpaired) electrons. The van der Waals surface area contributed by atoms with Crippen molar-refractivity contribution in [3.05, 3.63) is 0 Å². The fourth-order valence-electron chi connectivity index (χ4n) is 4.49. The van der Waals surface area contributed by atoms with Crippen molar-refractivity contribution in [1.29, 1.82) is 0 Å². The summed E-state index contributed by atoms with van der Waals surface area (Å²) in [4.78, 5) is 75.8. The molecule has 0 aliphatic carbocycles. The number of unbranched alkanes of at least 4 members (excludes halogenated alkanes) is 1. The molecule has 1 heterocycles. The molecule has 12 heteroatoms. The summed E-state index contributed by atoms with van der Waals surface area (Å²) < 4.78 is 0. The van der Waals surface area contributed by atoms with Crippen molar-refractivity contribution < 1.29 is 28.8 Å². The molecule has 1 saturated heterocycles. The normalized spacial score (nSPS) is 17.4. The maximum Gasteiger partial charge on any atom is 0.315 e. The summed E-state index contributed by atoms with van der Waals surface area (Å²) in [6, 6.07) is -2.86. The topological polar surface area (TPSA) is 180 Å². The van der Waals surface area contributed by atoms with Crippen LogP contribution in [0, 0.1) is 22.7 Å². The number of Topliss-reactive ketones (excluding diaryl/α,β-unsaturated/α-hetero) is 1. The second kappa shape index (κ2) is 15.0. The Kier molecular flexibility index (Phi) is 13.1. The molecule has 1 unspecified atom stereocenters. The highest BCUT2D eigenvalue weighted by molar-refractivity contribution is 6.03. The lowest BCUT2D eigenvalue weighted by Gasteiger charge is -2.28. The summed E-state index contributed by atoms with van der Waals surface area (Å²) in [6.07, 6.45) is 2.06. The number of carbonyl (C=O) groups is 6. The Hall–Kier alpha value is -3.18. The molecule has 0 aromatic carbocycles. The number of nitrogens with zero attached hydrogens (tertiary/aromatic N) is 1. The van der Waals surface area contributed by atoms with E-state index in [1.54, 1.807) is 34.6 Å². The third kappa shape index (κ3) is 11.1. The number of amides is 7. The summed E-state index contributed by atoms with van der Waals surface area (Å²) in [5, 5.41) is 10.7. The zero-order chi connectivity index (χ0) is 30.8. The van der Waals surface area contributed by atoms with E-state index in [0.29, 0.717) is 38.8 Å². The fourth-order valence-corrected chi connectivity index (χ4v) is 4.49. The maximum absolute atomic E-state index is 13.1. The van der Waals surface area contributed by atoms with Crippen LogP contribution < -0.4 is 27.0 Å². The first-order valence-electron chi connectivity index (χ1n) is 14.1. The van der Waals surface area contributed by atoms with Gasteiger partial charge in [0.05, 0.1) is 12.0 Å². The van der Waals surface area contributed by atoms with Gasteiger partial charge < -0.3 is 27.0 Å². The van der Waals surface area contributed by atoms with Gasteiger partial charge in [-0.25, -0.2) is 9.59 Å². The van der Waals surface area contributed by atoms with Crippen molar-refractivity contribution in [2.75, 3.05) is 19.6 Å². The molecule has 1 rings (SSSR count). The first-order chi connectivity index (χ1) is 18.4. The van der Waals surface area contributed by atoms with Gasteiger partial charge in [-0.2, -0.15) is 0 Å². The molecule has 0 aromatic heterocycles. The van der Waals surface area contributed by atoms with E-state index in [-0.39, 0.29) is 47.8 Å². The van der Waals surface area contributed by atoms with Crippen molar-refractivity contribution in [1.82, 2.24) is 26.2 Å². The monoisotopic (exact) mass is 566 g/mol. The smallest absolute Gasteiger partial charge is 0.315 e. The molecule has 3 atom stereocenters. The lowest BCUT2D eigenvalue weighted by Crippen LogP contribution is -2.56. The van der Waals surface area contributed by atoms with Crippen LogP contribution in [0.15, 0.2) is 0 Å². The molecule has 1 aliphatic heterocycles. The van der Waals surface area contributed by atoms with E-state index in [1.807, 2.05) is 20.8 Å².